The molecule has 1 atom stereocenters. The topological polar surface area (TPSA) is 21.1 Å². The average Bonchev–Trinajstić information content (AvgIpc) is 2.87. The zero-order valence-electron chi connectivity index (χ0n) is 14.0. The normalized spacial score (nSPS) is 19.5. The monoisotopic (exact) mass is 297 g/mol. The number of likely N-dealkylation sites (tertiary alicyclic amines) is 1. The number of nitrogens with zero attached hydrogens (tertiary/aromatic N) is 3. The number of aromatic nitrogens is 2. The van der Waals surface area contributed by atoms with Crippen LogP contribution in [-0.4, -0.2) is 27.5 Å². The van der Waals surface area contributed by atoms with E-state index in [1.165, 1.54) is 55.7 Å². The molecule has 22 heavy (non-hydrogen) atoms. The van der Waals surface area contributed by atoms with E-state index in [1.54, 1.807) is 0 Å². The Kier molecular flexibility index (Phi) is 4.63. The maximum absolute atomic E-state index is 4.75. The molecule has 0 aromatic carbocycles. The highest BCUT2D eigenvalue weighted by molar-refractivity contribution is 5.40. The van der Waals surface area contributed by atoms with Crippen LogP contribution in [-0.2, 0) is 0 Å². The van der Waals surface area contributed by atoms with Crippen molar-refractivity contribution in [2.45, 2.75) is 52.5 Å². The van der Waals surface area contributed by atoms with E-state index in [9.17, 15) is 0 Å². The first-order valence-corrected chi connectivity index (χ1v) is 8.56. The van der Waals surface area contributed by atoms with E-state index >= 15 is 0 Å². The number of hydrogen-bond donors (Lipinski definition) is 0. The summed E-state index contributed by atoms with van der Waals surface area (Å²) in [5, 5.41) is 0. The summed E-state index contributed by atoms with van der Waals surface area (Å²) in [6.07, 6.45) is 7.03. The summed E-state index contributed by atoms with van der Waals surface area (Å²) >= 11 is 0. The highest BCUT2D eigenvalue weighted by Crippen LogP contribution is 2.34. The van der Waals surface area contributed by atoms with Crippen LogP contribution >= 0.6 is 0 Å². The van der Waals surface area contributed by atoms with Gasteiger partial charge in [0.25, 0.3) is 0 Å². The lowest BCUT2D eigenvalue weighted by atomic mass is 9.95. The van der Waals surface area contributed by atoms with Crippen LogP contribution in [0.2, 0.25) is 0 Å². The molecule has 0 radical (unpaired) electrons. The zero-order valence-corrected chi connectivity index (χ0v) is 14.0. The Morgan fingerprint density at radius 2 is 1.91 bits per heavy atom. The summed E-state index contributed by atoms with van der Waals surface area (Å²) in [5.74, 6) is 1.12. The molecule has 3 heteroatoms. The van der Waals surface area contributed by atoms with Gasteiger partial charge in [0, 0.05) is 29.2 Å². The minimum absolute atomic E-state index is 0.513. The molecule has 3 heterocycles. The number of rotatable bonds is 4. The Bertz CT molecular complexity index is 608. The average molecular weight is 297 g/mol. The lowest BCUT2D eigenvalue weighted by Gasteiger charge is -2.36. The molecule has 0 amide bonds. The number of piperidine rings is 1. The van der Waals surface area contributed by atoms with Crippen LogP contribution < -0.4 is 0 Å². The predicted octanol–water partition coefficient (Wildman–Crippen LogP) is 4.43. The van der Waals surface area contributed by atoms with Gasteiger partial charge in [-0.3, -0.25) is 4.90 Å². The van der Waals surface area contributed by atoms with Gasteiger partial charge in [-0.15, -0.1) is 0 Å². The third-order valence-electron chi connectivity index (χ3n) is 4.78. The highest BCUT2D eigenvalue weighted by Gasteiger charge is 2.26. The molecular formula is C19H27N3. The Morgan fingerprint density at radius 3 is 2.64 bits per heavy atom. The first-order chi connectivity index (χ1) is 10.7. The van der Waals surface area contributed by atoms with Crippen molar-refractivity contribution in [1.82, 2.24) is 14.5 Å². The minimum atomic E-state index is 0.513. The summed E-state index contributed by atoms with van der Waals surface area (Å²) in [5.41, 5.74) is 3.91. The number of aryl methyl sites for hydroxylation is 2. The smallest absolute Gasteiger partial charge is 0.141 e. The van der Waals surface area contributed by atoms with Gasteiger partial charge in [0.05, 0.1) is 0 Å². The van der Waals surface area contributed by atoms with E-state index in [2.05, 4.69) is 54.5 Å². The Hall–Kier alpha value is -1.61. The maximum Gasteiger partial charge on any atom is 0.141 e. The standard InChI is InChI=1S/C19H27N3/c1-4-13-21-14-6-5-9-18(21)17-8-7-12-20-19(17)22-15(2)10-11-16(22)3/h7-8,10-12,18H,4-6,9,13-14H2,1-3H3/t18-/m1/s1. The van der Waals surface area contributed by atoms with Gasteiger partial charge in [0.2, 0.25) is 0 Å². The molecule has 118 valence electrons. The first kappa shape index (κ1) is 15.3. The summed E-state index contributed by atoms with van der Waals surface area (Å²) in [4.78, 5) is 7.40. The lowest BCUT2D eigenvalue weighted by Crippen LogP contribution is -2.34. The van der Waals surface area contributed by atoms with Crippen molar-refractivity contribution < 1.29 is 0 Å². The lowest BCUT2D eigenvalue weighted by molar-refractivity contribution is 0.148. The molecule has 1 aliphatic rings. The van der Waals surface area contributed by atoms with Crippen molar-refractivity contribution in [2.24, 2.45) is 0 Å². The van der Waals surface area contributed by atoms with Crippen molar-refractivity contribution in [3.05, 3.63) is 47.4 Å². The van der Waals surface area contributed by atoms with E-state index in [0.29, 0.717) is 6.04 Å². The van der Waals surface area contributed by atoms with Gasteiger partial charge in [-0.25, -0.2) is 4.98 Å². The van der Waals surface area contributed by atoms with Crippen LogP contribution in [0.15, 0.2) is 30.5 Å². The van der Waals surface area contributed by atoms with Crippen LogP contribution in [0.3, 0.4) is 0 Å². The van der Waals surface area contributed by atoms with Gasteiger partial charge in [0.1, 0.15) is 5.82 Å². The SMILES string of the molecule is CCCN1CCCC[C@@H]1c1cccnc1-n1c(C)ccc1C. The van der Waals surface area contributed by atoms with Crippen molar-refractivity contribution >= 4 is 0 Å². The van der Waals surface area contributed by atoms with Crippen LogP contribution in [0.4, 0.5) is 0 Å². The summed E-state index contributed by atoms with van der Waals surface area (Å²) in [6.45, 7) is 9.00. The molecule has 0 spiro atoms. The molecule has 2 aromatic rings. The Labute approximate surface area is 134 Å². The Balaban J connectivity index is 2.04. The molecule has 1 aliphatic heterocycles. The van der Waals surface area contributed by atoms with Gasteiger partial charge in [-0.1, -0.05) is 19.4 Å². The first-order valence-electron chi connectivity index (χ1n) is 8.56. The summed E-state index contributed by atoms with van der Waals surface area (Å²) in [6, 6.07) is 9.24. The van der Waals surface area contributed by atoms with Gasteiger partial charge in [0.15, 0.2) is 0 Å². The van der Waals surface area contributed by atoms with E-state index in [1.807, 2.05) is 6.20 Å². The molecule has 1 fully saturated rings. The van der Waals surface area contributed by atoms with E-state index in [-0.39, 0.29) is 0 Å². The van der Waals surface area contributed by atoms with Crippen LogP contribution in [0, 0.1) is 13.8 Å². The second-order valence-electron chi connectivity index (χ2n) is 6.42. The zero-order chi connectivity index (χ0) is 15.5. The second kappa shape index (κ2) is 6.66. The molecule has 0 saturated carbocycles. The van der Waals surface area contributed by atoms with Gasteiger partial charge in [-0.2, -0.15) is 0 Å². The maximum atomic E-state index is 4.75. The van der Waals surface area contributed by atoms with Crippen LogP contribution in [0.25, 0.3) is 5.82 Å². The predicted molar refractivity (Wildman–Crippen MR) is 91.5 cm³/mol. The van der Waals surface area contributed by atoms with Gasteiger partial charge in [-0.05, 0) is 64.4 Å². The van der Waals surface area contributed by atoms with Crippen LogP contribution in [0.1, 0.15) is 55.6 Å². The van der Waals surface area contributed by atoms with Crippen molar-refractivity contribution in [3.63, 3.8) is 0 Å². The fourth-order valence-corrected chi connectivity index (χ4v) is 3.76. The number of hydrogen-bond acceptors (Lipinski definition) is 2. The third-order valence-corrected chi connectivity index (χ3v) is 4.78. The highest BCUT2D eigenvalue weighted by atomic mass is 15.2. The molecule has 3 nitrogen and oxygen atoms in total. The minimum Gasteiger partial charge on any atom is -0.303 e. The molecule has 1 saturated heterocycles. The van der Waals surface area contributed by atoms with Gasteiger partial charge >= 0.3 is 0 Å². The molecule has 0 unspecified atom stereocenters. The summed E-state index contributed by atoms with van der Waals surface area (Å²) in [7, 11) is 0. The fraction of sp³-hybridized carbons (Fsp3) is 0.526. The van der Waals surface area contributed by atoms with E-state index in [0.717, 1.165) is 5.82 Å². The van der Waals surface area contributed by atoms with Crippen molar-refractivity contribution in [1.29, 1.82) is 0 Å². The molecular weight excluding hydrogens is 270 g/mol. The van der Waals surface area contributed by atoms with Crippen molar-refractivity contribution in [3.8, 4) is 5.82 Å². The number of pyridine rings is 1. The largest absolute Gasteiger partial charge is 0.303 e. The second-order valence-corrected chi connectivity index (χ2v) is 6.42. The molecule has 0 aliphatic carbocycles. The Morgan fingerprint density at radius 1 is 1.14 bits per heavy atom. The molecule has 0 N–H and O–H groups in total. The third kappa shape index (κ3) is 2.82. The summed E-state index contributed by atoms with van der Waals surface area (Å²) < 4.78 is 2.30. The van der Waals surface area contributed by atoms with E-state index in [4.69, 9.17) is 4.98 Å². The van der Waals surface area contributed by atoms with Crippen molar-refractivity contribution in [2.75, 3.05) is 13.1 Å². The molecule has 0 bridgehead atoms. The fourth-order valence-electron chi connectivity index (χ4n) is 3.76. The molecule has 2 aromatic heterocycles. The van der Waals surface area contributed by atoms with E-state index < -0.39 is 0 Å². The quantitative estimate of drug-likeness (QED) is 0.832. The van der Waals surface area contributed by atoms with Crippen LogP contribution in [0.5, 0.6) is 0 Å². The molecule has 3 rings (SSSR count). The van der Waals surface area contributed by atoms with Gasteiger partial charge < -0.3 is 4.57 Å².